The molecule has 0 aromatic heterocycles. The summed E-state index contributed by atoms with van der Waals surface area (Å²) < 4.78 is 2.83. The van der Waals surface area contributed by atoms with Crippen LogP contribution in [0, 0.1) is 6.92 Å². The monoisotopic (exact) mass is 243 g/mol. The molecule has 0 bridgehead atoms. The van der Waals surface area contributed by atoms with Crippen molar-refractivity contribution in [2.75, 3.05) is 0 Å². The third-order valence-electron chi connectivity index (χ3n) is 2.38. The molecule has 86 valence electrons. The van der Waals surface area contributed by atoms with E-state index >= 15 is 0 Å². The van der Waals surface area contributed by atoms with Crippen LogP contribution in [0.25, 0.3) is 0 Å². The SMILES string of the molecule is Cc1ccccc1SNC(=O)c1ccccc1. The molecule has 0 aliphatic carbocycles. The van der Waals surface area contributed by atoms with Gasteiger partial charge in [0.05, 0.1) is 0 Å². The zero-order valence-corrected chi connectivity index (χ0v) is 10.3. The maximum Gasteiger partial charge on any atom is 0.261 e. The number of nitrogens with one attached hydrogen (secondary N) is 1. The Balaban J connectivity index is 2.00. The fourth-order valence-electron chi connectivity index (χ4n) is 1.42. The van der Waals surface area contributed by atoms with E-state index in [0.29, 0.717) is 5.56 Å². The van der Waals surface area contributed by atoms with Gasteiger partial charge in [-0.2, -0.15) is 0 Å². The average molecular weight is 243 g/mol. The first-order valence-electron chi connectivity index (χ1n) is 5.35. The number of hydrogen-bond acceptors (Lipinski definition) is 2. The number of rotatable bonds is 3. The van der Waals surface area contributed by atoms with Gasteiger partial charge in [-0.15, -0.1) is 0 Å². The Labute approximate surface area is 105 Å². The summed E-state index contributed by atoms with van der Waals surface area (Å²) >= 11 is 1.35. The van der Waals surface area contributed by atoms with Gasteiger partial charge in [0.25, 0.3) is 5.91 Å². The largest absolute Gasteiger partial charge is 0.292 e. The Hall–Kier alpha value is -1.74. The van der Waals surface area contributed by atoms with Crippen LogP contribution in [0.15, 0.2) is 59.5 Å². The molecule has 1 N–H and O–H groups in total. The first-order valence-corrected chi connectivity index (χ1v) is 6.17. The second-order valence-electron chi connectivity index (χ2n) is 3.66. The Morgan fingerprint density at radius 2 is 1.65 bits per heavy atom. The summed E-state index contributed by atoms with van der Waals surface area (Å²) in [5, 5.41) is 0. The topological polar surface area (TPSA) is 29.1 Å². The summed E-state index contributed by atoms with van der Waals surface area (Å²) in [6.45, 7) is 2.02. The highest BCUT2D eigenvalue weighted by atomic mass is 32.2. The van der Waals surface area contributed by atoms with Crippen molar-refractivity contribution in [2.45, 2.75) is 11.8 Å². The van der Waals surface area contributed by atoms with Crippen molar-refractivity contribution in [1.82, 2.24) is 4.72 Å². The first-order chi connectivity index (χ1) is 8.27. The summed E-state index contributed by atoms with van der Waals surface area (Å²) in [5.41, 5.74) is 1.83. The van der Waals surface area contributed by atoms with Gasteiger partial charge in [0.15, 0.2) is 0 Å². The molecule has 0 atom stereocenters. The van der Waals surface area contributed by atoms with Gasteiger partial charge in [0.1, 0.15) is 0 Å². The highest BCUT2D eigenvalue weighted by Crippen LogP contribution is 2.19. The van der Waals surface area contributed by atoms with Crippen molar-refractivity contribution >= 4 is 17.9 Å². The summed E-state index contributed by atoms with van der Waals surface area (Å²) in [6.07, 6.45) is 0. The summed E-state index contributed by atoms with van der Waals surface area (Å²) in [5.74, 6) is -0.0705. The third-order valence-corrected chi connectivity index (χ3v) is 3.35. The van der Waals surface area contributed by atoms with Crippen LogP contribution >= 0.6 is 11.9 Å². The highest BCUT2D eigenvalue weighted by molar-refractivity contribution is 7.98. The zero-order chi connectivity index (χ0) is 12.1. The maximum atomic E-state index is 11.8. The normalized spacial score (nSPS) is 9.94. The summed E-state index contributed by atoms with van der Waals surface area (Å²) in [4.78, 5) is 12.9. The Bertz CT molecular complexity index is 511. The minimum atomic E-state index is -0.0705. The van der Waals surface area contributed by atoms with E-state index in [9.17, 15) is 4.79 Å². The molecule has 0 spiro atoms. The predicted octanol–water partition coefficient (Wildman–Crippen LogP) is 3.43. The Morgan fingerprint density at radius 3 is 2.35 bits per heavy atom. The van der Waals surface area contributed by atoms with Crippen LogP contribution in [0.3, 0.4) is 0 Å². The molecule has 0 heterocycles. The van der Waals surface area contributed by atoms with Crippen molar-refractivity contribution in [3.8, 4) is 0 Å². The summed E-state index contributed by atoms with van der Waals surface area (Å²) in [7, 11) is 0. The second kappa shape index (κ2) is 5.55. The molecule has 0 saturated heterocycles. The van der Waals surface area contributed by atoms with Gasteiger partial charge in [0, 0.05) is 10.5 Å². The molecule has 0 fully saturated rings. The van der Waals surface area contributed by atoms with E-state index in [1.54, 1.807) is 12.1 Å². The van der Waals surface area contributed by atoms with Crippen molar-refractivity contribution in [3.63, 3.8) is 0 Å². The average Bonchev–Trinajstić information content (AvgIpc) is 2.38. The van der Waals surface area contributed by atoms with E-state index in [1.165, 1.54) is 11.9 Å². The lowest BCUT2D eigenvalue weighted by Crippen LogP contribution is -2.15. The van der Waals surface area contributed by atoms with E-state index in [-0.39, 0.29) is 5.91 Å². The fraction of sp³-hybridized carbons (Fsp3) is 0.0714. The number of amides is 1. The number of hydrogen-bond donors (Lipinski definition) is 1. The van der Waals surface area contributed by atoms with Crippen LogP contribution in [-0.2, 0) is 0 Å². The zero-order valence-electron chi connectivity index (χ0n) is 9.51. The molecule has 1 amide bonds. The minimum Gasteiger partial charge on any atom is -0.292 e. The molecule has 0 radical (unpaired) electrons. The molecule has 0 aliphatic rings. The Kier molecular flexibility index (Phi) is 3.83. The predicted molar refractivity (Wildman–Crippen MR) is 70.9 cm³/mol. The number of carbonyl (C=O) groups is 1. The van der Waals surface area contributed by atoms with Gasteiger partial charge in [-0.3, -0.25) is 9.52 Å². The lowest BCUT2D eigenvalue weighted by atomic mass is 10.2. The van der Waals surface area contributed by atoms with Crippen LogP contribution in [0.2, 0.25) is 0 Å². The molecule has 3 heteroatoms. The minimum absolute atomic E-state index is 0.0705. The molecule has 2 nitrogen and oxygen atoms in total. The quantitative estimate of drug-likeness (QED) is 0.837. The number of carbonyl (C=O) groups excluding carboxylic acids is 1. The molecular weight excluding hydrogens is 230 g/mol. The number of benzene rings is 2. The van der Waals surface area contributed by atoms with Crippen molar-refractivity contribution in [3.05, 3.63) is 65.7 Å². The lowest BCUT2D eigenvalue weighted by molar-refractivity contribution is 0.0984. The molecule has 2 aromatic carbocycles. The molecule has 17 heavy (non-hydrogen) atoms. The molecule has 0 unspecified atom stereocenters. The molecule has 2 rings (SSSR count). The van der Waals surface area contributed by atoms with Crippen LogP contribution in [-0.4, -0.2) is 5.91 Å². The molecular formula is C14H13NOS. The standard InChI is InChI=1S/C14H13NOS/c1-11-7-5-6-10-13(11)17-15-14(16)12-8-3-2-4-9-12/h2-10H,1H3,(H,15,16). The van der Waals surface area contributed by atoms with Gasteiger partial charge in [-0.05, 0) is 42.6 Å². The maximum absolute atomic E-state index is 11.8. The van der Waals surface area contributed by atoms with Gasteiger partial charge in [0.2, 0.25) is 0 Å². The van der Waals surface area contributed by atoms with Gasteiger partial charge < -0.3 is 0 Å². The van der Waals surface area contributed by atoms with E-state index in [2.05, 4.69) is 4.72 Å². The van der Waals surface area contributed by atoms with Crippen molar-refractivity contribution in [2.24, 2.45) is 0 Å². The van der Waals surface area contributed by atoms with Gasteiger partial charge >= 0.3 is 0 Å². The smallest absolute Gasteiger partial charge is 0.261 e. The van der Waals surface area contributed by atoms with E-state index in [1.807, 2.05) is 49.4 Å². The van der Waals surface area contributed by atoms with Crippen LogP contribution in [0.1, 0.15) is 15.9 Å². The van der Waals surface area contributed by atoms with Crippen LogP contribution < -0.4 is 4.72 Å². The molecule has 0 aliphatic heterocycles. The molecule has 0 saturated carbocycles. The van der Waals surface area contributed by atoms with E-state index in [4.69, 9.17) is 0 Å². The third kappa shape index (κ3) is 3.11. The fourth-order valence-corrected chi connectivity index (χ4v) is 2.12. The first kappa shape index (κ1) is 11.7. The Morgan fingerprint density at radius 1 is 1.00 bits per heavy atom. The number of aryl methyl sites for hydroxylation is 1. The van der Waals surface area contributed by atoms with Crippen LogP contribution in [0.4, 0.5) is 0 Å². The van der Waals surface area contributed by atoms with Crippen LogP contribution in [0.5, 0.6) is 0 Å². The highest BCUT2D eigenvalue weighted by Gasteiger charge is 2.05. The van der Waals surface area contributed by atoms with E-state index in [0.717, 1.165) is 10.5 Å². The van der Waals surface area contributed by atoms with Crippen molar-refractivity contribution < 1.29 is 4.79 Å². The van der Waals surface area contributed by atoms with Gasteiger partial charge in [-0.25, -0.2) is 0 Å². The van der Waals surface area contributed by atoms with Gasteiger partial charge in [-0.1, -0.05) is 36.4 Å². The molecule has 2 aromatic rings. The van der Waals surface area contributed by atoms with E-state index < -0.39 is 0 Å². The second-order valence-corrected chi connectivity index (χ2v) is 4.51. The summed E-state index contributed by atoms with van der Waals surface area (Å²) in [6, 6.07) is 17.2. The van der Waals surface area contributed by atoms with Crippen molar-refractivity contribution in [1.29, 1.82) is 0 Å². The lowest BCUT2D eigenvalue weighted by Gasteiger charge is -2.06.